The van der Waals surface area contributed by atoms with Crippen molar-refractivity contribution in [2.24, 2.45) is 0 Å². The molecule has 3 rings (SSSR count). The van der Waals surface area contributed by atoms with Gasteiger partial charge < -0.3 is 19.3 Å². The van der Waals surface area contributed by atoms with E-state index in [-0.39, 0.29) is 23.7 Å². The summed E-state index contributed by atoms with van der Waals surface area (Å²) >= 11 is 0. The number of aromatic nitrogens is 1. The van der Waals surface area contributed by atoms with Gasteiger partial charge in [-0.1, -0.05) is 17.3 Å². The molecule has 1 N–H and O–H groups in total. The molecule has 142 valence electrons. The number of nitro groups is 1. The molecular weight excluding hydrogens is 354 g/mol. The van der Waals surface area contributed by atoms with E-state index in [4.69, 9.17) is 14.0 Å². The van der Waals surface area contributed by atoms with Gasteiger partial charge in [0.2, 0.25) is 5.76 Å². The van der Waals surface area contributed by atoms with Crippen LogP contribution < -0.4 is 10.1 Å². The van der Waals surface area contributed by atoms with Crippen LogP contribution in [-0.2, 0) is 9.53 Å². The third-order valence-electron chi connectivity index (χ3n) is 4.38. The van der Waals surface area contributed by atoms with Crippen molar-refractivity contribution in [3.63, 3.8) is 0 Å². The number of nitrogens with one attached hydrogen (secondary N) is 1. The summed E-state index contributed by atoms with van der Waals surface area (Å²) in [5, 5.41) is 18.1. The Labute approximate surface area is 155 Å². The lowest BCUT2D eigenvalue weighted by molar-refractivity contribution is -0.386. The molecule has 9 heteroatoms. The highest BCUT2D eigenvalue weighted by Crippen LogP contribution is 2.43. The maximum atomic E-state index is 12.4. The fourth-order valence-electron chi connectivity index (χ4n) is 3.14. The molecule has 2 aromatic rings. The standard InChI is InChI=1S/C18H19N3O6/c1-4-26-18(22)15-14(11-5-7-12(25-3)8-6-11)13(9-19-15)17-16(21(23)24)10(2)20-27-17/h5-9,14-15,19H,4H2,1-3H3/t14-,15-/m0/s1. The zero-order valence-electron chi connectivity index (χ0n) is 15.1. The molecule has 0 bridgehead atoms. The van der Waals surface area contributed by atoms with Crippen LogP contribution in [0.25, 0.3) is 5.57 Å². The summed E-state index contributed by atoms with van der Waals surface area (Å²) in [4.78, 5) is 23.3. The normalized spacial score (nSPS) is 18.6. The van der Waals surface area contributed by atoms with E-state index in [9.17, 15) is 14.9 Å². The largest absolute Gasteiger partial charge is 0.497 e. The third kappa shape index (κ3) is 3.35. The van der Waals surface area contributed by atoms with Crippen LogP contribution in [0.3, 0.4) is 0 Å². The number of esters is 1. The fraction of sp³-hybridized carbons (Fsp3) is 0.333. The zero-order chi connectivity index (χ0) is 19.6. The number of nitrogens with zero attached hydrogens (tertiary/aromatic N) is 2. The Morgan fingerprint density at radius 1 is 1.37 bits per heavy atom. The van der Waals surface area contributed by atoms with Gasteiger partial charge in [0.1, 0.15) is 11.8 Å². The maximum absolute atomic E-state index is 12.4. The molecule has 1 aliphatic heterocycles. The first kappa shape index (κ1) is 18.4. The first-order valence-corrected chi connectivity index (χ1v) is 8.35. The highest BCUT2D eigenvalue weighted by molar-refractivity contribution is 5.87. The van der Waals surface area contributed by atoms with E-state index in [1.165, 1.54) is 6.92 Å². The van der Waals surface area contributed by atoms with Crippen LogP contribution in [0.4, 0.5) is 5.69 Å². The number of hydrogen-bond donors (Lipinski definition) is 1. The lowest BCUT2D eigenvalue weighted by atomic mass is 9.86. The number of benzene rings is 1. The van der Waals surface area contributed by atoms with E-state index in [0.717, 1.165) is 5.56 Å². The Bertz CT molecular complexity index is 887. The third-order valence-corrected chi connectivity index (χ3v) is 4.38. The Hall–Kier alpha value is -3.36. The SMILES string of the molecule is CCOC(=O)[C@H]1NC=C(c2onc(C)c2[N+](=O)[O-])[C@@H]1c1ccc(OC)cc1. The molecule has 0 unspecified atom stereocenters. The predicted octanol–water partition coefficient (Wildman–Crippen LogP) is 2.56. The molecule has 0 spiro atoms. The van der Waals surface area contributed by atoms with Crippen molar-refractivity contribution in [1.29, 1.82) is 0 Å². The predicted molar refractivity (Wildman–Crippen MR) is 95.2 cm³/mol. The van der Waals surface area contributed by atoms with Gasteiger partial charge >= 0.3 is 11.7 Å². The number of rotatable bonds is 6. The summed E-state index contributed by atoms with van der Waals surface area (Å²) in [6.07, 6.45) is 1.55. The van der Waals surface area contributed by atoms with Crippen molar-refractivity contribution in [2.75, 3.05) is 13.7 Å². The molecule has 0 fully saturated rings. The van der Waals surface area contributed by atoms with Crippen LogP contribution in [0.1, 0.15) is 29.9 Å². The fourth-order valence-corrected chi connectivity index (χ4v) is 3.14. The van der Waals surface area contributed by atoms with Crippen LogP contribution in [0.2, 0.25) is 0 Å². The van der Waals surface area contributed by atoms with E-state index in [0.29, 0.717) is 11.3 Å². The van der Waals surface area contributed by atoms with Gasteiger partial charge in [-0.2, -0.15) is 0 Å². The molecule has 27 heavy (non-hydrogen) atoms. The number of carbonyl (C=O) groups excluding carboxylic acids is 1. The summed E-state index contributed by atoms with van der Waals surface area (Å²) < 4.78 is 15.6. The summed E-state index contributed by atoms with van der Waals surface area (Å²) in [6, 6.07) is 6.37. The highest BCUT2D eigenvalue weighted by atomic mass is 16.6. The molecule has 2 atom stereocenters. The molecule has 1 aromatic heterocycles. The van der Waals surface area contributed by atoms with Crippen molar-refractivity contribution >= 4 is 17.2 Å². The lowest BCUT2D eigenvalue weighted by Gasteiger charge is -2.21. The molecule has 2 heterocycles. The smallest absolute Gasteiger partial charge is 0.339 e. The topological polar surface area (TPSA) is 117 Å². The van der Waals surface area contributed by atoms with Crippen molar-refractivity contribution in [2.45, 2.75) is 25.8 Å². The highest BCUT2D eigenvalue weighted by Gasteiger charge is 2.42. The second kappa shape index (κ2) is 7.48. The first-order chi connectivity index (χ1) is 13.0. The molecule has 0 saturated carbocycles. The minimum Gasteiger partial charge on any atom is -0.497 e. The summed E-state index contributed by atoms with van der Waals surface area (Å²) in [5.74, 6) is -0.313. The van der Waals surface area contributed by atoms with Crippen molar-refractivity contribution < 1.29 is 23.7 Å². The van der Waals surface area contributed by atoms with Gasteiger partial charge in [-0.15, -0.1) is 0 Å². The van der Waals surface area contributed by atoms with Gasteiger partial charge in [-0.3, -0.25) is 10.1 Å². The van der Waals surface area contributed by atoms with Crippen LogP contribution in [-0.4, -0.2) is 35.8 Å². The summed E-state index contributed by atoms with van der Waals surface area (Å²) in [6.45, 7) is 3.44. The van der Waals surface area contributed by atoms with Gasteiger partial charge in [0.25, 0.3) is 0 Å². The second-order valence-corrected chi connectivity index (χ2v) is 5.95. The average Bonchev–Trinajstić information content (AvgIpc) is 3.25. The number of hydrogen-bond acceptors (Lipinski definition) is 8. The Morgan fingerprint density at radius 3 is 2.67 bits per heavy atom. The second-order valence-electron chi connectivity index (χ2n) is 5.95. The van der Waals surface area contributed by atoms with E-state index < -0.39 is 22.9 Å². The van der Waals surface area contributed by atoms with Crippen molar-refractivity contribution in [3.8, 4) is 5.75 Å². The Balaban J connectivity index is 2.06. The van der Waals surface area contributed by atoms with E-state index in [2.05, 4.69) is 10.5 Å². The molecule has 0 amide bonds. The van der Waals surface area contributed by atoms with Gasteiger partial charge in [0.05, 0.1) is 18.6 Å². The van der Waals surface area contributed by atoms with Gasteiger partial charge in [0.15, 0.2) is 5.69 Å². The van der Waals surface area contributed by atoms with Crippen molar-refractivity contribution in [3.05, 3.63) is 57.6 Å². The molecule has 0 saturated heterocycles. The first-order valence-electron chi connectivity index (χ1n) is 8.35. The average molecular weight is 373 g/mol. The number of ether oxygens (including phenoxy) is 2. The Kier molecular flexibility index (Phi) is 5.11. The minimum absolute atomic E-state index is 0.0256. The minimum atomic E-state index is -0.738. The van der Waals surface area contributed by atoms with Crippen LogP contribution in [0.15, 0.2) is 35.0 Å². The number of aryl methyl sites for hydroxylation is 1. The molecule has 0 radical (unpaired) electrons. The number of methoxy groups -OCH3 is 1. The lowest BCUT2D eigenvalue weighted by Crippen LogP contribution is -2.36. The number of carbonyl (C=O) groups is 1. The van der Waals surface area contributed by atoms with Gasteiger partial charge in [-0.05, 0) is 31.5 Å². The molecular formula is C18H19N3O6. The molecule has 0 aliphatic carbocycles. The molecule has 9 nitrogen and oxygen atoms in total. The Morgan fingerprint density at radius 2 is 2.07 bits per heavy atom. The molecule has 1 aliphatic rings. The molecule has 1 aromatic carbocycles. The van der Waals surface area contributed by atoms with E-state index in [1.807, 2.05) is 0 Å². The van der Waals surface area contributed by atoms with Gasteiger partial charge in [0, 0.05) is 17.7 Å². The zero-order valence-corrected chi connectivity index (χ0v) is 15.1. The van der Waals surface area contributed by atoms with Crippen molar-refractivity contribution in [1.82, 2.24) is 10.5 Å². The van der Waals surface area contributed by atoms with E-state index in [1.54, 1.807) is 44.5 Å². The summed E-state index contributed by atoms with van der Waals surface area (Å²) in [7, 11) is 1.56. The monoisotopic (exact) mass is 373 g/mol. The van der Waals surface area contributed by atoms with Crippen LogP contribution >= 0.6 is 0 Å². The summed E-state index contributed by atoms with van der Waals surface area (Å²) in [5.41, 5.74) is 1.18. The van der Waals surface area contributed by atoms with Crippen LogP contribution in [0, 0.1) is 17.0 Å². The van der Waals surface area contributed by atoms with Crippen LogP contribution in [0.5, 0.6) is 5.75 Å². The quantitative estimate of drug-likeness (QED) is 0.466. The van der Waals surface area contributed by atoms with E-state index >= 15 is 0 Å². The maximum Gasteiger partial charge on any atom is 0.339 e. The van der Waals surface area contributed by atoms with Gasteiger partial charge in [-0.25, -0.2) is 4.79 Å².